The lowest BCUT2D eigenvalue weighted by Crippen LogP contribution is -2.32. The minimum absolute atomic E-state index is 0.0802. The standard InChI is InChI=1S/C25H21F3N2O5/c26-25(27,28)16-2-1-3-17(11-16)29-19(31)12-35-24(34)13-6-8-18(9-7-13)30-22(32)20-14-4-5-15(10-14)21(20)23(30)33/h1-3,6-9,11,14-15,20-21H,4-5,10,12H2,(H,29,31)/t14-,15-,20-,21+/m0/s1. The summed E-state index contributed by atoms with van der Waals surface area (Å²) in [5.74, 6) is -1.97. The van der Waals surface area contributed by atoms with E-state index < -0.39 is 30.2 Å². The Bertz CT molecular complexity index is 1180. The third-order valence-electron chi connectivity index (χ3n) is 7.10. The number of halogens is 3. The van der Waals surface area contributed by atoms with Gasteiger partial charge < -0.3 is 10.1 Å². The number of hydrogen-bond acceptors (Lipinski definition) is 5. The highest BCUT2D eigenvalue weighted by Crippen LogP contribution is 2.56. The predicted octanol–water partition coefficient (Wildman–Crippen LogP) is 4.04. The summed E-state index contributed by atoms with van der Waals surface area (Å²) in [7, 11) is 0. The number of alkyl halides is 3. The summed E-state index contributed by atoms with van der Waals surface area (Å²) in [6.07, 6.45) is -1.66. The van der Waals surface area contributed by atoms with Crippen molar-refractivity contribution in [1.29, 1.82) is 0 Å². The van der Waals surface area contributed by atoms with E-state index in [2.05, 4.69) is 5.32 Å². The maximum absolute atomic E-state index is 12.9. The molecular formula is C25H21F3N2O5. The van der Waals surface area contributed by atoms with Gasteiger partial charge in [0.2, 0.25) is 11.8 Å². The Labute approximate surface area is 198 Å². The zero-order valence-corrected chi connectivity index (χ0v) is 18.4. The molecule has 35 heavy (non-hydrogen) atoms. The van der Waals surface area contributed by atoms with Crippen LogP contribution in [0.25, 0.3) is 0 Å². The summed E-state index contributed by atoms with van der Waals surface area (Å²) in [6.45, 7) is -0.702. The van der Waals surface area contributed by atoms with E-state index in [4.69, 9.17) is 4.74 Å². The van der Waals surface area contributed by atoms with Gasteiger partial charge in [-0.2, -0.15) is 13.2 Å². The number of hydrogen-bond donors (Lipinski definition) is 1. The molecule has 1 N–H and O–H groups in total. The zero-order chi connectivity index (χ0) is 24.9. The van der Waals surface area contributed by atoms with Gasteiger partial charge in [-0.05, 0) is 73.6 Å². The molecule has 0 spiro atoms. The van der Waals surface area contributed by atoms with Gasteiger partial charge in [0.15, 0.2) is 6.61 Å². The largest absolute Gasteiger partial charge is 0.452 e. The van der Waals surface area contributed by atoms with E-state index in [1.54, 1.807) is 0 Å². The van der Waals surface area contributed by atoms with Crippen molar-refractivity contribution >= 4 is 35.1 Å². The quantitative estimate of drug-likeness (QED) is 0.509. The topological polar surface area (TPSA) is 92.8 Å². The summed E-state index contributed by atoms with van der Waals surface area (Å²) in [5.41, 5.74) is -0.519. The number of ether oxygens (including phenoxy) is 1. The van der Waals surface area contributed by atoms with Gasteiger partial charge in [0, 0.05) is 5.69 Å². The highest BCUT2D eigenvalue weighted by Gasteiger charge is 2.61. The molecule has 0 unspecified atom stereocenters. The van der Waals surface area contributed by atoms with Crippen LogP contribution >= 0.6 is 0 Å². The number of nitrogens with one attached hydrogen (secondary N) is 1. The maximum atomic E-state index is 12.9. The van der Waals surface area contributed by atoms with E-state index >= 15 is 0 Å². The van der Waals surface area contributed by atoms with Gasteiger partial charge in [-0.3, -0.25) is 19.3 Å². The van der Waals surface area contributed by atoms with Crippen LogP contribution in [0.5, 0.6) is 0 Å². The van der Waals surface area contributed by atoms with E-state index in [0.717, 1.165) is 37.5 Å². The molecule has 3 fully saturated rings. The van der Waals surface area contributed by atoms with Gasteiger partial charge in [0.1, 0.15) is 0 Å². The highest BCUT2D eigenvalue weighted by molar-refractivity contribution is 6.22. The Morgan fingerprint density at radius 1 is 0.971 bits per heavy atom. The number of benzene rings is 2. The molecule has 7 nitrogen and oxygen atoms in total. The maximum Gasteiger partial charge on any atom is 0.416 e. The van der Waals surface area contributed by atoms with Crippen molar-refractivity contribution in [3.8, 4) is 0 Å². The Morgan fingerprint density at radius 3 is 2.20 bits per heavy atom. The molecule has 1 heterocycles. The Hall–Kier alpha value is -3.69. The molecule has 3 amide bonds. The molecule has 0 radical (unpaired) electrons. The minimum atomic E-state index is -4.55. The van der Waals surface area contributed by atoms with E-state index in [0.29, 0.717) is 5.69 Å². The summed E-state index contributed by atoms with van der Waals surface area (Å²) < 4.78 is 43.3. The van der Waals surface area contributed by atoms with E-state index in [1.165, 1.54) is 35.2 Å². The smallest absolute Gasteiger partial charge is 0.416 e. The average molecular weight is 486 g/mol. The molecule has 0 aromatic heterocycles. The fourth-order valence-electron chi connectivity index (χ4n) is 5.59. The molecule has 182 valence electrons. The highest BCUT2D eigenvalue weighted by atomic mass is 19.4. The molecular weight excluding hydrogens is 465 g/mol. The molecule has 5 rings (SSSR count). The van der Waals surface area contributed by atoms with E-state index in [9.17, 15) is 32.3 Å². The molecule has 2 bridgehead atoms. The van der Waals surface area contributed by atoms with Crippen LogP contribution in [0.2, 0.25) is 0 Å². The average Bonchev–Trinajstić information content (AvgIpc) is 3.51. The monoisotopic (exact) mass is 486 g/mol. The van der Waals surface area contributed by atoms with Crippen molar-refractivity contribution in [3.63, 3.8) is 0 Å². The predicted molar refractivity (Wildman–Crippen MR) is 117 cm³/mol. The summed E-state index contributed by atoms with van der Waals surface area (Å²) >= 11 is 0. The van der Waals surface area contributed by atoms with Gasteiger partial charge in [-0.15, -0.1) is 0 Å². The lowest BCUT2D eigenvalue weighted by Gasteiger charge is -2.19. The number of carbonyl (C=O) groups excluding carboxylic acids is 4. The first-order valence-corrected chi connectivity index (χ1v) is 11.3. The van der Waals surface area contributed by atoms with Crippen LogP contribution in [0.1, 0.15) is 35.2 Å². The molecule has 2 aliphatic carbocycles. The molecule has 1 aliphatic heterocycles. The van der Waals surface area contributed by atoms with Crippen LogP contribution in [0.3, 0.4) is 0 Å². The molecule has 2 aromatic carbocycles. The third-order valence-corrected chi connectivity index (χ3v) is 7.10. The second kappa shape index (κ2) is 8.51. The first-order valence-electron chi connectivity index (χ1n) is 11.3. The number of amides is 3. The number of anilines is 2. The zero-order valence-electron chi connectivity index (χ0n) is 18.4. The van der Waals surface area contributed by atoms with Crippen LogP contribution in [0, 0.1) is 23.7 Å². The summed E-state index contributed by atoms with van der Waals surface area (Å²) in [6, 6.07) is 9.85. The second-order valence-electron chi connectivity index (χ2n) is 9.15. The molecule has 2 saturated carbocycles. The van der Waals surface area contributed by atoms with Gasteiger partial charge in [-0.25, -0.2) is 4.79 Å². The second-order valence-corrected chi connectivity index (χ2v) is 9.15. The fraction of sp³-hybridized carbons (Fsp3) is 0.360. The fourth-order valence-corrected chi connectivity index (χ4v) is 5.59. The molecule has 4 atom stereocenters. The first-order chi connectivity index (χ1) is 16.6. The van der Waals surface area contributed by atoms with Crippen LogP contribution in [-0.2, 0) is 25.3 Å². The summed E-state index contributed by atoms with van der Waals surface area (Å²) in [4.78, 5) is 51.4. The van der Waals surface area contributed by atoms with Crippen molar-refractivity contribution in [2.24, 2.45) is 23.7 Å². The molecule has 10 heteroatoms. The third kappa shape index (κ3) is 4.17. The number of rotatable bonds is 5. The number of nitrogens with zero attached hydrogens (tertiary/aromatic N) is 1. The van der Waals surface area contributed by atoms with Gasteiger partial charge in [0.05, 0.1) is 28.7 Å². The van der Waals surface area contributed by atoms with Gasteiger partial charge in [0.25, 0.3) is 5.91 Å². The van der Waals surface area contributed by atoms with Gasteiger partial charge >= 0.3 is 12.1 Å². The van der Waals surface area contributed by atoms with Crippen LogP contribution in [0.15, 0.2) is 48.5 Å². The van der Waals surface area contributed by atoms with Crippen molar-refractivity contribution in [3.05, 3.63) is 59.7 Å². The van der Waals surface area contributed by atoms with Crippen LogP contribution in [0.4, 0.5) is 24.5 Å². The Morgan fingerprint density at radius 2 is 1.60 bits per heavy atom. The lowest BCUT2D eigenvalue weighted by atomic mass is 9.81. The van der Waals surface area contributed by atoms with E-state index in [-0.39, 0.29) is 46.7 Å². The Balaban J connectivity index is 1.18. The lowest BCUT2D eigenvalue weighted by molar-refractivity contribution is -0.137. The van der Waals surface area contributed by atoms with Crippen molar-refractivity contribution in [2.75, 3.05) is 16.8 Å². The SMILES string of the molecule is O=C(COC(=O)c1ccc(N2C(=O)[C@@H]3[C@H]4CC[C@@H](C4)[C@@H]3C2=O)cc1)Nc1cccc(C(F)(F)F)c1. The van der Waals surface area contributed by atoms with Crippen molar-refractivity contribution in [2.45, 2.75) is 25.4 Å². The molecule has 1 saturated heterocycles. The van der Waals surface area contributed by atoms with E-state index in [1.807, 2.05) is 0 Å². The number of imide groups is 1. The molecule has 2 aromatic rings. The number of fused-ring (bicyclic) bond motifs is 5. The summed E-state index contributed by atoms with van der Waals surface area (Å²) in [5, 5.41) is 2.25. The number of esters is 1. The minimum Gasteiger partial charge on any atom is -0.452 e. The normalized spacial score (nSPS) is 25.1. The van der Waals surface area contributed by atoms with Crippen LogP contribution < -0.4 is 10.2 Å². The first kappa shape index (κ1) is 23.1. The van der Waals surface area contributed by atoms with Crippen LogP contribution in [-0.4, -0.2) is 30.3 Å². The van der Waals surface area contributed by atoms with Crippen molar-refractivity contribution in [1.82, 2.24) is 0 Å². The van der Waals surface area contributed by atoms with Crippen molar-refractivity contribution < 1.29 is 37.1 Å². The number of carbonyl (C=O) groups is 4. The Kier molecular flexibility index (Phi) is 5.61. The van der Waals surface area contributed by atoms with Gasteiger partial charge in [-0.1, -0.05) is 6.07 Å². The molecule has 3 aliphatic rings.